The summed E-state index contributed by atoms with van der Waals surface area (Å²) < 4.78 is 0. The van der Waals surface area contributed by atoms with Crippen LogP contribution in [-0.2, 0) is 55.0 Å². The molecule has 2 atom stereocenters. The quantitative estimate of drug-likeness (QED) is 0.121. The van der Waals surface area contributed by atoms with Gasteiger partial charge >= 0.3 is 35.8 Å². The maximum Gasteiger partial charge on any atom is 0.337 e. The van der Waals surface area contributed by atoms with E-state index in [9.17, 15) is 39.0 Å². The van der Waals surface area contributed by atoms with E-state index in [1.807, 2.05) is 0 Å². The van der Waals surface area contributed by atoms with Gasteiger partial charge in [0.2, 0.25) is 0 Å². The summed E-state index contributed by atoms with van der Waals surface area (Å²) in [6.07, 6.45) is -3.39. The Bertz CT molecular complexity index is 818. The van der Waals surface area contributed by atoms with E-state index in [0.29, 0.717) is 0 Å². The molecule has 16 nitrogen and oxygen atoms in total. The fraction of sp³-hybridized carbons (Fsp3) is 0.769. The molecule has 0 aromatic heterocycles. The SMILES string of the molecule is CC(C)O.CC(C)O.CCC(CC)(C(=O)O)C(O)(CC(=O)O)C(=O)O.CCC(CC)(C(=O)O)C(O)(CC(=O)O)C(=O)O.[Zr]. The Morgan fingerprint density at radius 2 is 0.651 bits per heavy atom. The number of carboxylic acids is 6. The van der Waals surface area contributed by atoms with Crippen LogP contribution in [0.1, 0.15) is 93.9 Å². The second-order valence-corrected chi connectivity index (χ2v) is 9.85. The van der Waals surface area contributed by atoms with Crippen molar-refractivity contribution in [1.29, 1.82) is 0 Å². The third-order valence-electron chi connectivity index (χ3n) is 6.34. The molecule has 10 N–H and O–H groups in total. The fourth-order valence-corrected chi connectivity index (χ4v) is 3.97. The molecular weight excluding hydrogens is 659 g/mol. The van der Waals surface area contributed by atoms with Crippen molar-refractivity contribution in [3.63, 3.8) is 0 Å². The second kappa shape index (κ2) is 22.1. The van der Waals surface area contributed by atoms with Crippen LogP contribution in [0.4, 0.5) is 0 Å². The molecule has 0 aromatic rings. The van der Waals surface area contributed by atoms with E-state index in [0.717, 1.165) is 0 Å². The smallest absolute Gasteiger partial charge is 0.337 e. The number of carbonyl (C=O) groups is 6. The molecule has 0 spiro atoms. The number of hydrogen-bond donors (Lipinski definition) is 10. The van der Waals surface area contributed by atoms with Crippen LogP contribution in [0.25, 0.3) is 0 Å². The normalized spacial score (nSPS) is 13.5. The van der Waals surface area contributed by atoms with E-state index in [4.69, 9.17) is 40.9 Å². The molecule has 0 saturated heterocycles. The van der Waals surface area contributed by atoms with Crippen molar-refractivity contribution in [2.24, 2.45) is 10.8 Å². The van der Waals surface area contributed by atoms with E-state index in [1.165, 1.54) is 27.7 Å². The standard InChI is InChI=1S/2C10H16O7.2C3H8O.Zr/c2*1-3-9(4-2,7(13)14)10(17,8(15)16)5-6(11)12;2*1-3(2)4;/h2*17H,3-5H2,1-2H3,(H,11,12)(H,13,14)(H,15,16);2*3-4H,1-2H3;. The van der Waals surface area contributed by atoms with Crippen molar-refractivity contribution in [1.82, 2.24) is 0 Å². The molecule has 17 heteroatoms. The van der Waals surface area contributed by atoms with Gasteiger partial charge in [0.05, 0.1) is 12.8 Å². The first kappa shape index (κ1) is 50.2. The van der Waals surface area contributed by atoms with Crippen molar-refractivity contribution in [3.8, 4) is 0 Å². The van der Waals surface area contributed by atoms with Gasteiger partial charge in [0.15, 0.2) is 11.2 Å². The van der Waals surface area contributed by atoms with Gasteiger partial charge in [-0.05, 0) is 53.4 Å². The van der Waals surface area contributed by atoms with Crippen LogP contribution in [0, 0.1) is 10.8 Å². The summed E-state index contributed by atoms with van der Waals surface area (Å²) in [5.74, 6) is -9.86. The van der Waals surface area contributed by atoms with Crippen molar-refractivity contribution < 1.29 is 106 Å². The Morgan fingerprint density at radius 1 is 0.488 bits per heavy atom. The maximum absolute atomic E-state index is 11.2. The van der Waals surface area contributed by atoms with Crippen molar-refractivity contribution in [2.75, 3.05) is 0 Å². The van der Waals surface area contributed by atoms with Gasteiger partial charge in [-0.1, -0.05) is 27.7 Å². The summed E-state index contributed by atoms with van der Waals surface area (Å²) in [5, 5.41) is 89.4. The van der Waals surface area contributed by atoms with Crippen LogP contribution >= 0.6 is 0 Å². The largest absolute Gasteiger partial charge is 0.481 e. The zero-order chi connectivity index (χ0) is 34.9. The van der Waals surface area contributed by atoms with Crippen molar-refractivity contribution >= 4 is 35.8 Å². The van der Waals surface area contributed by atoms with Crippen LogP contribution in [0.15, 0.2) is 0 Å². The Hall–Kier alpha value is -2.46. The molecule has 252 valence electrons. The molecule has 0 amide bonds. The molecule has 2 unspecified atom stereocenters. The van der Waals surface area contributed by atoms with E-state index >= 15 is 0 Å². The number of aliphatic carboxylic acids is 6. The molecule has 0 aliphatic rings. The number of carboxylic acid groups (broad SMARTS) is 6. The topological polar surface area (TPSA) is 305 Å². The number of hydrogen-bond acceptors (Lipinski definition) is 10. The van der Waals surface area contributed by atoms with Crippen molar-refractivity contribution in [2.45, 2.75) is 117 Å². The third-order valence-corrected chi connectivity index (χ3v) is 6.34. The van der Waals surface area contributed by atoms with Gasteiger partial charge in [0, 0.05) is 38.4 Å². The zero-order valence-corrected chi connectivity index (χ0v) is 28.3. The Morgan fingerprint density at radius 3 is 0.721 bits per heavy atom. The van der Waals surface area contributed by atoms with Gasteiger partial charge in [-0.25, -0.2) is 9.59 Å². The Balaban J connectivity index is -0.000000175. The predicted molar refractivity (Wildman–Crippen MR) is 146 cm³/mol. The van der Waals surface area contributed by atoms with Crippen LogP contribution in [-0.4, -0.2) is 110 Å². The predicted octanol–water partition coefficient (Wildman–Crippen LogP) is 1.11. The summed E-state index contributed by atoms with van der Waals surface area (Å²) in [6, 6.07) is 0. The molecule has 0 radical (unpaired) electrons. The summed E-state index contributed by atoms with van der Waals surface area (Å²) in [6.45, 7) is 12.5. The molecule has 0 fully saturated rings. The average molecular weight is 708 g/mol. The van der Waals surface area contributed by atoms with Gasteiger partial charge in [0.1, 0.15) is 10.8 Å². The number of rotatable bonds is 14. The summed E-state index contributed by atoms with van der Waals surface area (Å²) in [4.78, 5) is 65.7. The van der Waals surface area contributed by atoms with E-state index in [2.05, 4.69) is 0 Å². The van der Waals surface area contributed by atoms with Gasteiger partial charge in [0.25, 0.3) is 0 Å². The summed E-state index contributed by atoms with van der Waals surface area (Å²) in [7, 11) is 0. The number of aliphatic hydroxyl groups is 4. The number of aliphatic hydroxyl groups excluding tert-OH is 2. The van der Waals surface area contributed by atoms with E-state index < -0.39 is 70.7 Å². The maximum atomic E-state index is 11.2. The third kappa shape index (κ3) is 14.7. The minimum atomic E-state index is -2.83. The van der Waals surface area contributed by atoms with Crippen molar-refractivity contribution in [3.05, 3.63) is 0 Å². The molecule has 0 rings (SSSR count). The fourth-order valence-electron chi connectivity index (χ4n) is 3.97. The summed E-state index contributed by atoms with van der Waals surface area (Å²) in [5.41, 5.74) is -9.68. The van der Waals surface area contributed by atoms with Crippen LogP contribution in [0.2, 0.25) is 0 Å². The first-order valence-corrected chi connectivity index (χ1v) is 13.0. The van der Waals surface area contributed by atoms with Gasteiger partial charge in [-0.2, -0.15) is 0 Å². The molecular formula is C26H48O16Zr. The molecule has 0 bridgehead atoms. The van der Waals surface area contributed by atoms with Gasteiger partial charge in [-0.3, -0.25) is 19.2 Å². The van der Waals surface area contributed by atoms with Crippen LogP contribution in [0.5, 0.6) is 0 Å². The first-order valence-electron chi connectivity index (χ1n) is 13.0. The zero-order valence-electron chi connectivity index (χ0n) is 25.8. The Kier molecular flexibility index (Phi) is 25.8. The van der Waals surface area contributed by atoms with Gasteiger partial charge < -0.3 is 51.1 Å². The minimum Gasteiger partial charge on any atom is -0.481 e. The molecule has 0 aliphatic carbocycles. The average Bonchev–Trinajstić information content (AvgIpc) is 2.79. The molecule has 0 heterocycles. The van der Waals surface area contributed by atoms with E-state index in [1.54, 1.807) is 27.7 Å². The molecule has 0 saturated carbocycles. The minimum absolute atomic E-state index is 0. The molecule has 0 aromatic carbocycles. The second-order valence-electron chi connectivity index (χ2n) is 9.85. The Labute approximate surface area is 269 Å². The van der Waals surface area contributed by atoms with Gasteiger partial charge in [-0.15, -0.1) is 0 Å². The van der Waals surface area contributed by atoms with Crippen LogP contribution < -0.4 is 0 Å². The summed E-state index contributed by atoms with van der Waals surface area (Å²) >= 11 is 0. The van der Waals surface area contributed by atoms with Crippen LogP contribution in [0.3, 0.4) is 0 Å². The van der Waals surface area contributed by atoms with E-state index in [-0.39, 0.29) is 64.1 Å². The molecule has 43 heavy (non-hydrogen) atoms. The first-order chi connectivity index (χ1) is 18.8. The monoisotopic (exact) mass is 706 g/mol. The molecule has 0 aliphatic heterocycles.